The van der Waals surface area contributed by atoms with Crippen molar-refractivity contribution in [3.8, 4) is 0 Å². The standard InChI is InChI=1S/C8H10FNO3/c9-6-1-4-2-10(8(12)13)3-5(4)7(6)11/h4-6H,1-3H2,(H,12,13). The normalized spacial score (nSPS) is 38.1. The molecule has 0 spiro atoms. The van der Waals surface area contributed by atoms with Crippen LogP contribution in [0.1, 0.15) is 6.42 Å². The average molecular weight is 187 g/mol. The first-order valence-electron chi connectivity index (χ1n) is 4.25. The molecule has 0 bridgehead atoms. The molecule has 0 radical (unpaired) electrons. The SMILES string of the molecule is O=C1C(F)CC2CN(C(=O)O)CC12. The van der Waals surface area contributed by atoms with E-state index in [0.717, 1.165) is 0 Å². The van der Waals surface area contributed by atoms with Crippen molar-refractivity contribution in [2.24, 2.45) is 11.8 Å². The topological polar surface area (TPSA) is 57.6 Å². The largest absolute Gasteiger partial charge is 0.465 e. The van der Waals surface area contributed by atoms with Crippen LogP contribution in [0.3, 0.4) is 0 Å². The van der Waals surface area contributed by atoms with Crippen molar-refractivity contribution >= 4 is 11.9 Å². The zero-order valence-corrected chi connectivity index (χ0v) is 6.94. The number of amides is 1. The van der Waals surface area contributed by atoms with Gasteiger partial charge in [-0.3, -0.25) is 4.79 Å². The first kappa shape index (κ1) is 8.47. The molecule has 1 aliphatic heterocycles. The third-order valence-electron chi connectivity index (χ3n) is 2.90. The van der Waals surface area contributed by atoms with E-state index in [1.54, 1.807) is 0 Å². The number of fused-ring (bicyclic) bond motifs is 1. The Labute approximate surface area is 74.3 Å². The second-order valence-corrected chi connectivity index (χ2v) is 3.66. The summed E-state index contributed by atoms with van der Waals surface area (Å²) < 4.78 is 12.9. The van der Waals surface area contributed by atoms with Crippen LogP contribution in [0.4, 0.5) is 9.18 Å². The molecule has 2 fully saturated rings. The number of rotatable bonds is 0. The van der Waals surface area contributed by atoms with Crippen LogP contribution in [-0.2, 0) is 4.79 Å². The molecule has 1 amide bonds. The fourth-order valence-corrected chi connectivity index (χ4v) is 2.20. The van der Waals surface area contributed by atoms with Gasteiger partial charge in [-0.1, -0.05) is 0 Å². The van der Waals surface area contributed by atoms with Gasteiger partial charge in [0.05, 0.1) is 0 Å². The molecule has 1 aliphatic carbocycles. The Balaban J connectivity index is 2.09. The van der Waals surface area contributed by atoms with Crippen molar-refractivity contribution in [1.82, 2.24) is 4.90 Å². The minimum Gasteiger partial charge on any atom is -0.465 e. The van der Waals surface area contributed by atoms with Gasteiger partial charge in [0, 0.05) is 19.0 Å². The highest BCUT2D eigenvalue weighted by molar-refractivity contribution is 5.89. The number of Topliss-reactive ketones (excluding diaryl/α,β-unsaturated/α-hetero) is 1. The number of ketones is 1. The van der Waals surface area contributed by atoms with Gasteiger partial charge in [0.2, 0.25) is 0 Å². The summed E-state index contributed by atoms with van der Waals surface area (Å²) in [6, 6.07) is 0. The number of hydrogen-bond acceptors (Lipinski definition) is 2. The maximum Gasteiger partial charge on any atom is 0.407 e. The highest BCUT2D eigenvalue weighted by Gasteiger charge is 2.48. The van der Waals surface area contributed by atoms with Crippen molar-refractivity contribution in [1.29, 1.82) is 0 Å². The van der Waals surface area contributed by atoms with Crippen LogP contribution < -0.4 is 0 Å². The van der Waals surface area contributed by atoms with Crippen molar-refractivity contribution in [2.75, 3.05) is 13.1 Å². The lowest BCUT2D eigenvalue weighted by Gasteiger charge is -2.12. The van der Waals surface area contributed by atoms with Gasteiger partial charge in [0.1, 0.15) is 0 Å². The van der Waals surface area contributed by atoms with Crippen molar-refractivity contribution in [2.45, 2.75) is 12.6 Å². The first-order valence-corrected chi connectivity index (χ1v) is 4.25. The molecule has 5 heteroatoms. The Morgan fingerprint density at radius 1 is 1.54 bits per heavy atom. The number of halogens is 1. The molecule has 4 nitrogen and oxygen atoms in total. The third kappa shape index (κ3) is 1.18. The number of carbonyl (C=O) groups excluding carboxylic acids is 1. The zero-order valence-electron chi connectivity index (χ0n) is 6.94. The molecule has 13 heavy (non-hydrogen) atoms. The summed E-state index contributed by atoms with van der Waals surface area (Å²) in [6.45, 7) is 0.491. The predicted octanol–water partition coefficient (Wildman–Crippen LogP) is 0.523. The molecule has 2 rings (SSSR count). The van der Waals surface area contributed by atoms with Crippen LogP contribution in [0.5, 0.6) is 0 Å². The van der Waals surface area contributed by atoms with E-state index < -0.39 is 18.0 Å². The molecule has 1 saturated heterocycles. The molecular weight excluding hydrogens is 177 g/mol. The summed E-state index contributed by atoms with van der Waals surface area (Å²) in [7, 11) is 0. The second kappa shape index (κ2) is 2.68. The molecule has 0 aromatic rings. The van der Waals surface area contributed by atoms with E-state index in [1.807, 2.05) is 0 Å². The Morgan fingerprint density at radius 3 is 2.77 bits per heavy atom. The Hall–Kier alpha value is -1.13. The quantitative estimate of drug-likeness (QED) is 0.601. The van der Waals surface area contributed by atoms with E-state index >= 15 is 0 Å². The van der Waals surface area contributed by atoms with Crippen LogP contribution in [0, 0.1) is 11.8 Å². The number of likely N-dealkylation sites (tertiary alicyclic amines) is 1. The number of hydrogen-bond donors (Lipinski definition) is 1. The molecule has 1 heterocycles. The summed E-state index contributed by atoms with van der Waals surface area (Å²) in [5.74, 6) is -0.876. The van der Waals surface area contributed by atoms with E-state index in [4.69, 9.17) is 5.11 Å². The van der Waals surface area contributed by atoms with Gasteiger partial charge in [-0.2, -0.15) is 0 Å². The van der Waals surface area contributed by atoms with Gasteiger partial charge < -0.3 is 10.0 Å². The molecule has 72 valence electrons. The second-order valence-electron chi connectivity index (χ2n) is 3.66. The highest BCUT2D eigenvalue weighted by atomic mass is 19.1. The Morgan fingerprint density at radius 2 is 2.23 bits per heavy atom. The predicted molar refractivity (Wildman–Crippen MR) is 41.1 cm³/mol. The smallest absolute Gasteiger partial charge is 0.407 e. The Bertz CT molecular complexity index is 268. The number of carbonyl (C=O) groups is 2. The van der Waals surface area contributed by atoms with Gasteiger partial charge in [-0.05, 0) is 12.3 Å². The van der Waals surface area contributed by atoms with Crippen molar-refractivity contribution in [3.63, 3.8) is 0 Å². The van der Waals surface area contributed by atoms with Crippen molar-refractivity contribution in [3.05, 3.63) is 0 Å². The van der Waals surface area contributed by atoms with Gasteiger partial charge in [-0.15, -0.1) is 0 Å². The molecule has 3 atom stereocenters. The van der Waals surface area contributed by atoms with Gasteiger partial charge in [0.15, 0.2) is 12.0 Å². The summed E-state index contributed by atoms with van der Waals surface area (Å²) >= 11 is 0. The molecule has 2 aliphatic rings. The lowest BCUT2D eigenvalue weighted by molar-refractivity contribution is -0.124. The molecule has 0 aromatic heterocycles. The van der Waals surface area contributed by atoms with E-state index in [2.05, 4.69) is 0 Å². The van der Waals surface area contributed by atoms with E-state index in [0.29, 0.717) is 6.54 Å². The molecule has 1 saturated carbocycles. The van der Waals surface area contributed by atoms with Crippen LogP contribution >= 0.6 is 0 Å². The third-order valence-corrected chi connectivity index (χ3v) is 2.90. The van der Waals surface area contributed by atoms with E-state index in [9.17, 15) is 14.0 Å². The monoisotopic (exact) mass is 187 g/mol. The number of carboxylic acid groups (broad SMARTS) is 1. The average Bonchev–Trinajstić information content (AvgIpc) is 2.55. The minimum atomic E-state index is -1.36. The zero-order chi connectivity index (χ0) is 9.59. The minimum absolute atomic E-state index is 0.0846. The molecule has 0 aromatic carbocycles. The van der Waals surface area contributed by atoms with Gasteiger partial charge >= 0.3 is 6.09 Å². The van der Waals surface area contributed by atoms with Crippen LogP contribution in [-0.4, -0.2) is 41.1 Å². The number of nitrogens with zero attached hydrogens (tertiary/aromatic N) is 1. The fraction of sp³-hybridized carbons (Fsp3) is 0.750. The summed E-state index contributed by atoms with van der Waals surface area (Å²) in [6.07, 6.45) is -2.17. The van der Waals surface area contributed by atoms with Gasteiger partial charge in [0.25, 0.3) is 0 Å². The lowest BCUT2D eigenvalue weighted by Crippen LogP contribution is -2.30. The molecule has 3 unspecified atom stereocenters. The maximum atomic E-state index is 12.9. The van der Waals surface area contributed by atoms with Gasteiger partial charge in [-0.25, -0.2) is 9.18 Å². The lowest BCUT2D eigenvalue weighted by atomic mass is 10.0. The fourth-order valence-electron chi connectivity index (χ4n) is 2.20. The van der Waals surface area contributed by atoms with Crippen LogP contribution in [0.25, 0.3) is 0 Å². The Kier molecular flexibility index (Phi) is 1.75. The maximum absolute atomic E-state index is 12.9. The summed E-state index contributed by atoms with van der Waals surface area (Å²) in [4.78, 5) is 22.9. The molecule has 1 N–H and O–H groups in total. The van der Waals surface area contributed by atoms with E-state index in [1.165, 1.54) is 4.90 Å². The van der Waals surface area contributed by atoms with E-state index in [-0.39, 0.29) is 24.8 Å². The number of alkyl halides is 1. The molecular formula is C8H10FNO3. The van der Waals surface area contributed by atoms with Crippen LogP contribution in [0.15, 0.2) is 0 Å². The first-order chi connectivity index (χ1) is 6.09. The van der Waals surface area contributed by atoms with Crippen molar-refractivity contribution < 1.29 is 19.1 Å². The summed E-state index contributed by atoms with van der Waals surface area (Å²) in [5.41, 5.74) is 0. The highest BCUT2D eigenvalue weighted by Crippen LogP contribution is 2.36. The van der Waals surface area contributed by atoms with Crippen LogP contribution in [0.2, 0.25) is 0 Å². The summed E-state index contributed by atoms with van der Waals surface area (Å²) in [5, 5.41) is 8.64.